The largest absolute Gasteiger partial charge is 0.409 e. The fourth-order valence-electron chi connectivity index (χ4n) is 1.07. The van der Waals surface area contributed by atoms with E-state index in [1.165, 1.54) is 12.1 Å². The normalized spacial score (nSPS) is 12.5. The van der Waals surface area contributed by atoms with Crippen LogP contribution < -0.4 is 15.6 Å². The maximum atomic E-state index is 13.3. The first kappa shape index (κ1) is 12.2. The van der Waals surface area contributed by atoms with Crippen LogP contribution in [0.25, 0.3) is 0 Å². The van der Waals surface area contributed by atoms with Gasteiger partial charge in [-0.25, -0.2) is 9.53 Å². The number of nitrogens with one attached hydrogen (secondary N) is 1. The van der Waals surface area contributed by atoms with E-state index in [9.17, 15) is 12.8 Å². The van der Waals surface area contributed by atoms with Crippen LogP contribution in [-0.4, -0.2) is 19.5 Å². The number of hydrogen-bond donors (Lipinski definition) is 4. The third kappa shape index (κ3) is 2.81. The summed E-state index contributed by atoms with van der Waals surface area (Å²) in [5.74, 6) is -1.41. The molecule has 0 aromatic heterocycles. The van der Waals surface area contributed by atoms with Crippen molar-refractivity contribution in [3.8, 4) is 0 Å². The van der Waals surface area contributed by atoms with Crippen LogP contribution >= 0.6 is 0 Å². The van der Waals surface area contributed by atoms with Crippen LogP contribution in [0.1, 0.15) is 5.56 Å². The van der Waals surface area contributed by atoms with Crippen LogP contribution in [0.4, 0.5) is 10.1 Å². The number of nitrogens with two attached hydrogens (primary N) is 2. The van der Waals surface area contributed by atoms with E-state index in [4.69, 9.17) is 16.1 Å². The second kappa shape index (κ2) is 4.33. The van der Waals surface area contributed by atoms with Gasteiger partial charge in [-0.2, -0.15) is 8.42 Å². The van der Waals surface area contributed by atoms with E-state index in [0.29, 0.717) is 0 Å². The first-order chi connectivity index (χ1) is 7.35. The average molecular weight is 248 g/mol. The van der Waals surface area contributed by atoms with E-state index >= 15 is 0 Å². The van der Waals surface area contributed by atoms with Gasteiger partial charge in [0.05, 0.1) is 11.3 Å². The minimum absolute atomic E-state index is 0.210. The lowest BCUT2D eigenvalue weighted by Crippen LogP contribution is -2.25. The zero-order valence-electron chi connectivity index (χ0n) is 7.88. The standard InChI is InChI=1S/C7H9FN4O3S/c8-4-2-1-3-5(12-16(10,14)15)6(4)7(9)11-13/h1-3,12-13H,(H2,9,11)(H2,10,14,15). The second-order valence-electron chi connectivity index (χ2n) is 2.79. The van der Waals surface area contributed by atoms with E-state index in [-0.39, 0.29) is 11.3 Å². The highest BCUT2D eigenvalue weighted by Crippen LogP contribution is 2.19. The molecule has 0 aliphatic rings. The maximum Gasteiger partial charge on any atom is 0.296 e. The lowest BCUT2D eigenvalue weighted by Gasteiger charge is -2.09. The predicted octanol–water partition coefficient (Wildman–Crippen LogP) is -0.464. The minimum atomic E-state index is -4.07. The van der Waals surface area contributed by atoms with E-state index in [1.807, 2.05) is 4.72 Å². The highest BCUT2D eigenvalue weighted by atomic mass is 32.2. The van der Waals surface area contributed by atoms with E-state index < -0.39 is 21.9 Å². The fraction of sp³-hybridized carbons (Fsp3) is 0. The first-order valence-electron chi connectivity index (χ1n) is 3.92. The topological polar surface area (TPSA) is 131 Å². The van der Waals surface area contributed by atoms with Crippen LogP contribution in [0.15, 0.2) is 23.4 Å². The molecule has 0 radical (unpaired) electrons. The number of anilines is 1. The summed E-state index contributed by atoms with van der Waals surface area (Å²) < 4.78 is 36.7. The minimum Gasteiger partial charge on any atom is -0.409 e. The molecular formula is C7H9FN4O3S. The molecule has 0 amide bonds. The van der Waals surface area contributed by atoms with E-state index in [2.05, 4.69) is 5.16 Å². The summed E-state index contributed by atoms with van der Waals surface area (Å²) in [7, 11) is -4.07. The summed E-state index contributed by atoms with van der Waals surface area (Å²) in [4.78, 5) is 0. The van der Waals surface area contributed by atoms with E-state index in [0.717, 1.165) is 6.07 Å². The number of halogens is 1. The van der Waals surface area contributed by atoms with Crippen molar-refractivity contribution in [2.24, 2.45) is 16.0 Å². The Morgan fingerprint density at radius 2 is 2.12 bits per heavy atom. The Kier molecular flexibility index (Phi) is 3.30. The van der Waals surface area contributed by atoms with Gasteiger partial charge in [0.25, 0.3) is 10.2 Å². The van der Waals surface area contributed by atoms with Crippen LogP contribution in [0.5, 0.6) is 0 Å². The van der Waals surface area contributed by atoms with Gasteiger partial charge in [0, 0.05) is 0 Å². The van der Waals surface area contributed by atoms with Crippen molar-refractivity contribution < 1.29 is 18.0 Å². The monoisotopic (exact) mass is 248 g/mol. The summed E-state index contributed by atoms with van der Waals surface area (Å²) in [6.07, 6.45) is 0. The highest BCUT2D eigenvalue weighted by Gasteiger charge is 2.15. The van der Waals surface area contributed by atoms with Crippen molar-refractivity contribution in [3.05, 3.63) is 29.6 Å². The van der Waals surface area contributed by atoms with Gasteiger partial charge < -0.3 is 10.9 Å². The zero-order chi connectivity index (χ0) is 12.3. The molecule has 1 aromatic rings. The molecule has 0 spiro atoms. The molecule has 9 heteroatoms. The number of amidine groups is 1. The molecule has 88 valence electrons. The summed E-state index contributed by atoms with van der Waals surface area (Å²) in [5, 5.41) is 15.7. The number of hydrogen-bond acceptors (Lipinski definition) is 4. The summed E-state index contributed by atoms with van der Waals surface area (Å²) in [6, 6.07) is 3.50. The molecule has 1 rings (SSSR count). The predicted molar refractivity (Wildman–Crippen MR) is 55.6 cm³/mol. The number of rotatable bonds is 3. The Bertz CT molecular complexity index is 528. The molecule has 0 atom stereocenters. The molecule has 0 bridgehead atoms. The van der Waals surface area contributed by atoms with Crippen LogP contribution in [0, 0.1) is 5.82 Å². The second-order valence-corrected chi connectivity index (χ2v) is 4.09. The van der Waals surface area contributed by atoms with Crippen molar-refractivity contribution in [2.45, 2.75) is 0 Å². The van der Waals surface area contributed by atoms with Crippen molar-refractivity contribution in [1.82, 2.24) is 0 Å². The van der Waals surface area contributed by atoms with Crippen molar-refractivity contribution in [1.29, 1.82) is 0 Å². The van der Waals surface area contributed by atoms with Gasteiger partial charge in [-0.05, 0) is 12.1 Å². The lowest BCUT2D eigenvalue weighted by atomic mass is 10.1. The molecule has 0 unspecified atom stereocenters. The number of nitrogens with zero attached hydrogens (tertiary/aromatic N) is 1. The first-order valence-corrected chi connectivity index (χ1v) is 5.46. The molecule has 1 aromatic carbocycles. The maximum absolute atomic E-state index is 13.3. The Balaban J connectivity index is 3.35. The molecule has 0 fully saturated rings. The Morgan fingerprint density at radius 3 is 2.62 bits per heavy atom. The average Bonchev–Trinajstić information content (AvgIpc) is 2.14. The van der Waals surface area contributed by atoms with Crippen molar-refractivity contribution in [3.63, 3.8) is 0 Å². The molecule has 6 N–H and O–H groups in total. The van der Waals surface area contributed by atoms with Crippen LogP contribution in [0.3, 0.4) is 0 Å². The van der Waals surface area contributed by atoms with Crippen LogP contribution in [-0.2, 0) is 10.2 Å². The zero-order valence-corrected chi connectivity index (χ0v) is 8.70. The molecule has 16 heavy (non-hydrogen) atoms. The van der Waals surface area contributed by atoms with Crippen LogP contribution in [0.2, 0.25) is 0 Å². The smallest absolute Gasteiger partial charge is 0.296 e. The summed E-state index contributed by atoms with van der Waals surface area (Å²) in [6.45, 7) is 0. The highest BCUT2D eigenvalue weighted by molar-refractivity contribution is 7.90. The quantitative estimate of drug-likeness (QED) is 0.249. The molecule has 0 aliphatic carbocycles. The molecule has 0 aliphatic heterocycles. The van der Waals surface area contributed by atoms with Crippen molar-refractivity contribution >= 4 is 21.7 Å². The molecule has 0 saturated heterocycles. The third-order valence-electron chi connectivity index (χ3n) is 1.63. The summed E-state index contributed by atoms with van der Waals surface area (Å²) in [5.41, 5.74) is 4.61. The summed E-state index contributed by atoms with van der Waals surface area (Å²) >= 11 is 0. The molecule has 7 nitrogen and oxygen atoms in total. The third-order valence-corrected chi connectivity index (χ3v) is 2.13. The Labute approximate surface area is 90.7 Å². The van der Waals surface area contributed by atoms with Gasteiger partial charge in [0.1, 0.15) is 5.82 Å². The SMILES string of the molecule is N/C(=N/O)c1c(F)cccc1NS(N)(=O)=O. The van der Waals surface area contributed by atoms with Crippen molar-refractivity contribution in [2.75, 3.05) is 4.72 Å². The fourth-order valence-corrected chi connectivity index (χ4v) is 1.55. The molecule has 0 saturated carbocycles. The van der Waals surface area contributed by atoms with Gasteiger partial charge in [-0.1, -0.05) is 11.2 Å². The van der Waals surface area contributed by atoms with Gasteiger partial charge in [0.2, 0.25) is 0 Å². The van der Waals surface area contributed by atoms with E-state index in [1.54, 1.807) is 0 Å². The van der Waals surface area contributed by atoms with Gasteiger partial charge in [0.15, 0.2) is 5.84 Å². The molecular weight excluding hydrogens is 239 g/mol. The molecule has 0 heterocycles. The number of oxime groups is 1. The Morgan fingerprint density at radius 1 is 1.50 bits per heavy atom. The van der Waals surface area contributed by atoms with Gasteiger partial charge in [-0.15, -0.1) is 0 Å². The lowest BCUT2D eigenvalue weighted by molar-refractivity contribution is 0.318. The van der Waals surface area contributed by atoms with Gasteiger partial charge >= 0.3 is 0 Å². The Hall–Kier alpha value is -1.87. The number of benzene rings is 1. The van der Waals surface area contributed by atoms with Gasteiger partial charge in [-0.3, -0.25) is 4.72 Å².